The monoisotopic (exact) mass is 446 g/mol. The van der Waals surface area contributed by atoms with Crippen LogP contribution in [0.25, 0.3) is 22.1 Å². The molecule has 0 aliphatic carbocycles. The molecule has 0 saturated carbocycles. The lowest BCUT2D eigenvalue weighted by molar-refractivity contribution is 0.0434. The van der Waals surface area contributed by atoms with Gasteiger partial charge in [-0.15, -0.1) is 0 Å². The number of hydrogen-bond donors (Lipinski definition) is 1. The first-order chi connectivity index (χ1) is 16.0. The van der Waals surface area contributed by atoms with Crippen LogP contribution in [0.3, 0.4) is 0 Å². The van der Waals surface area contributed by atoms with E-state index in [0.29, 0.717) is 29.7 Å². The van der Waals surface area contributed by atoms with Crippen LogP contribution >= 0.6 is 0 Å². The molecule has 0 amide bonds. The molecule has 174 valence electrons. The number of aryl methyl sites for hydroxylation is 1. The Kier molecular flexibility index (Phi) is 6.26. The van der Waals surface area contributed by atoms with Crippen LogP contribution in [0.1, 0.15) is 43.2 Å². The van der Waals surface area contributed by atoms with Gasteiger partial charge in [0, 0.05) is 41.7 Å². The van der Waals surface area contributed by atoms with Gasteiger partial charge in [0.15, 0.2) is 0 Å². The lowest BCUT2D eigenvalue weighted by Crippen LogP contribution is -2.50. The first kappa shape index (κ1) is 22.2. The standard InChI is InChI=1S/C28H34N2O3/c1-19-27(32)22(18-29(2)17-21-11-8-14-30-13-7-6-12-25(21)30)15-24-23(16-26(31)33-28(19)24)20-9-4-3-5-10-20/h3-5,9-10,15-16,21,25,32H,6-8,11-14,17-18H2,1-2H3. The smallest absolute Gasteiger partial charge is 0.336 e. The van der Waals surface area contributed by atoms with Gasteiger partial charge < -0.3 is 19.3 Å². The summed E-state index contributed by atoms with van der Waals surface area (Å²) in [5.41, 5.74) is 3.39. The van der Waals surface area contributed by atoms with Crippen molar-refractivity contribution in [2.75, 3.05) is 26.7 Å². The second-order valence-corrected chi connectivity index (χ2v) is 9.93. The topological polar surface area (TPSA) is 56.9 Å². The molecule has 1 N–H and O–H groups in total. The van der Waals surface area contributed by atoms with E-state index in [1.165, 1.54) is 45.2 Å². The van der Waals surface area contributed by atoms with Gasteiger partial charge in [0.25, 0.3) is 0 Å². The van der Waals surface area contributed by atoms with Crippen LogP contribution in [0.4, 0.5) is 0 Å². The highest BCUT2D eigenvalue weighted by atomic mass is 16.4. The maximum Gasteiger partial charge on any atom is 0.336 e. The summed E-state index contributed by atoms with van der Waals surface area (Å²) >= 11 is 0. The second kappa shape index (κ2) is 9.32. The summed E-state index contributed by atoms with van der Waals surface area (Å²) in [5.74, 6) is 0.913. The number of piperidine rings is 2. The van der Waals surface area contributed by atoms with Crippen LogP contribution in [0, 0.1) is 12.8 Å². The fourth-order valence-electron chi connectivity index (χ4n) is 6.04. The van der Waals surface area contributed by atoms with Gasteiger partial charge in [-0.05, 0) is 75.9 Å². The van der Waals surface area contributed by atoms with E-state index in [-0.39, 0.29) is 5.75 Å². The summed E-state index contributed by atoms with van der Waals surface area (Å²) in [6, 6.07) is 14.2. The molecule has 33 heavy (non-hydrogen) atoms. The summed E-state index contributed by atoms with van der Waals surface area (Å²) in [7, 11) is 2.16. The zero-order chi connectivity index (χ0) is 22.9. The fraction of sp³-hybridized carbons (Fsp3) is 0.464. The van der Waals surface area contributed by atoms with Gasteiger partial charge >= 0.3 is 5.63 Å². The minimum Gasteiger partial charge on any atom is -0.507 e. The molecule has 0 bridgehead atoms. The van der Waals surface area contributed by atoms with Crippen molar-refractivity contribution >= 4 is 11.0 Å². The Morgan fingerprint density at radius 3 is 2.70 bits per heavy atom. The Morgan fingerprint density at radius 1 is 1.09 bits per heavy atom. The Hall–Kier alpha value is -2.63. The van der Waals surface area contributed by atoms with E-state index in [0.717, 1.165) is 28.6 Å². The molecular formula is C28H34N2O3. The van der Waals surface area contributed by atoms with E-state index < -0.39 is 5.63 Å². The Morgan fingerprint density at radius 2 is 1.88 bits per heavy atom. The van der Waals surface area contributed by atoms with Crippen molar-refractivity contribution < 1.29 is 9.52 Å². The average Bonchev–Trinajstić information content (AvgIpc) is 2.83. The summed E-state index contributed by atoms with van der Waals surface area (Å²) in [6.07, 6.45) is 6.58. The molecule has 3 heterocycles. The summed E-state index contributed by atoms with van der Waals surface area (Å²) < 4.78 is 5.54. The Balaban J connectivity index is 1.45. The molecule has 2 aliphatic heterocycles. The third kappa shape index (κ3) is 4.44. The zero-order valence-electron chi connectivity index (χ0n) is 19.7. The largest absolute Gasteiger partial charge is 0.507 e. The molecule has 2 unspecified atom stereocenters. The number of phenolic OH excluding ortho intramolecular Hbond substituents is 1. The first-order valence-corrected chi connectivity index (χ1v) is 12.3. The number of aromatic hydroxyl groups is 1. The number of benzene rings is 2. The molecular weight excluding hydrogens is 412 g/mol. The minimum atomic E-state index is -0.400. The lowest BCUT2D eigenvalue weighted by atomic mass is 9.83. The van der Waals surface area contributed by atoms with Crippen molar-refractivity contribution in [2.45, 2.75) is 51.6 Å². The molecule has 3 aromatic rings. The van der Waals surface area contributed by atoms with Crippen LogP contribution in [-0.4, -0.2) is 47.6 Å². The third-order valence-electron chi connectivity index (χ3n) is 7.62. The number of hydrogen-bond acceptors (Lipinski definition) is 5. The van der Waals surface area contributed by atoms with Gasteiger partial charge in [0.2, 0.25) is 0 Å². The molecule has 0 radical (unpaired) electrons. The molecule has 2 aliphatic rings. The van der Waals surface area contributed by atoms with Crippen molar-refractivity contribution in [3.05, 3.63) is 64.0 Å². The lowest BCUT2D eigenvalue weighted by Gasteiger charge is -2.45. The minimum absolute atomic E-state index is 0.227. The molecule has 2 fully saturated rings. The van der Waals surface area contributed by atoms with Gasteiger partial charge in [0.1, 0.15) is 11.3 Å². The summed E-state index contributed by atoms with van der Waals surface area (Å²) in [4.78, 5) is 17.3. The van der Waals surface area contributed by atoms with E-state index >= 15 is 0 Å². The molecule has 5 heteroatoms. The predicted molar refractivity (Wildman–Crippen MR) is 133 cm³/mol. The van der Waals surface area contributed by atoms with Crippen molar-refractivity contribution in [3.8, 4) is 16.9 Å². The molecule has 0 spiro atoms. The highest BCUT2D eigenvalue weighted by molar-refractivity contribution is 5.96. The zero-order valence-corrected chi connectivity index (χ0v) is 19.7. The highest BCUT2D eigenvalue weighted by Crippen LogP contribution is 2.36. The fourth-order valence-corrected chi connectivity index (χ4v) is 6.04. The van der Waals surface area contributed by atoms with Gasteiger partial charge in [-0.3, -0.25) is 0 Å². The Labute approximate surface area is 195 Å². The van der Waals surface area contributed by atoms with Crippen molar-refractivity contribution in [1.82, 2.24) is 9.80 Å². The van der Waals surface area contributed by atoms with Crippen molar-refractivity contribution in [1.29, 1.82) is 0 Å². The van der Waals surface area contributed by atoms with Crippen LogP contribution in [0.5, 0.6) is 5.75 Å². The highest BCUT2D eigenvalue weighted by Gasteiger charge is 2.33. The van der Waals surface area contributed by atoms with Crippen molar-refractivity contribution in [2.24, 2.45) is 5.92 Å². The number of rotatable bonds is 5. The van der Waals surface area contributed by atoms with Crippen LogP contribution in [0.15, 0.2) is 51.7 Å². The summed E-state index contributed by atoms with van der Waals surface area (Å²) in [5, 5.41) is 11.9. The van der Waals surface area contributed by atoms with Gasteiger partial charge in [-0.2, -0.15) is 0 Å². The normalized spacial score (nSPS) is 21.4. The predicted octanol–water partition coefficient (Wildman–Crippen LogP) is 5.17. The van der Waals surface area contributed by atoms with Crippen molar-refractivity contribution in [3.63, 3.8) is 0 Å². The Bertz CT molecular complexity index is 1190. The van der Waals surface area contributed by atoms with E-state index in [9.17, 15) is 9.90 Å². The SMILES string of the molecule is Cc1c(O)c(CN(C)CC2CCCN3CCCCC23)cc2c(-c3ccccc3)cc(=O)oc12. The molecule has 1 aromatic heterocycles. The van der Waals surface area contributed by atoms with Crippen LogP contribution in [0.2, 0.25) is 0 Å². The van der Waals surface area contributed by atoms with E-state index in [1.807, 2.05) is 43.3 Å². The molecule has 5 nitrogen and oxygen atoms in total. The molecule has 2 atom stereocenters. The molecule has 2 saturated heterocycles. The maximum absolute atomic E-state index is 12.3. The number of nitrogens with zero attached hydrogens (tertiary/aromatic N) is 2. The van der Waals surface area contributed by atoms with E-state index in [2.05, 4.69) is 16.8 Å². The van der Waals surface area contributed by atoms with Crippen LogP contribution in [-0.2, 0) is 6.54 Å². The number of fused-ring (bicyclic) bond motifs is 2. The second-order valence-electron chi connectivity index (χ2n) is 9.93. The third-order valence-corrected chi connectivity index (χ3v) is 7.62. The number of phenols is 1. The van der Waals surface area contributed by atoms with Gasteiger partial charge in [0.05, 0.1) is 0 Å². The van der Waals surface area contributed by atoms with Gasteiger partial charge in [-0.1, -0.05) is 36.8 Å². The van der Waals surface area contributed by atoms with Gasteiger partial charge in [-0.25, -0.2) is 4.79 Å². The first-order valence-electron chi connectivity index (χ1n) is 12.3. The quantitative estimate of drug-likeness (QED) is 0.548. The molecule has 5 rings (SSSR count). The maximum atomic E-state index is 12.3. The van der Waals surface area contributed by atoms with E-state index in [1.54, 1.807) is 6.07 Å². The van der Waals surface area contributed by atoms with Crippen LogP contribution < -0.4 is 5.63 Å². The molecule has 2 aromatic carbocycles. The average molecular weight is 447 g/mol. The summed E-state index contributed by atoms with van der Waals surface area (Å²) in [6.45, 7) is 6.04. The van der Waals surface area contributed by atoms with E-state index in [4.69, 9.17) is 4.42 Å².